The van der Waals surface area contributed by atoms with Crippen LogP contribution in [0.15, 0.2) is 48.5 Å². The first-order chi connectivity index (χ1) is 16.1. The van der Waals surface area contributed by atoms with E-state index in [2.05, 4.69) is 62.4 Å². The van der Waals surface area contributed by atoms with Crippen LogP contribution in [-0.4, -0.2) is 39.6 Å². The van der Waals surface area contributed by atoms with E-state index < -0.39 is 0 Å². The monoisotopic (exact) mass is 452 g/mol. The first-order valence-electron chi connectivity index (χ1n) is 12.7. The van der Waals surface area contributed by atoms with Crippen LogP contribution in [0.1, 0.15) is 63.5 Å². The third-order valence-electron chi connectivity index (χ3n) is 6.66. The van der Waals surface area contributed by atoms with E-state index >= 15 is 0 Å². The van der Waals surface area contributed by atoms with E-state index in [-0.39, 0.29) is 5.41 Å². The predicted molar refractivity (Wildman–Crippen MR) is 132 cm³/mol. The minimum Gasteiger partial charge on any atom is -0.494 e. The van der Waals surface area contributed by atoms with Gasteiger partial charge in [0.05, 0.1) is 13.2 Å². The Morgan fingerprint density at radius 2 is 1.00 bits per heavy atom. The van der Waals surface area contributed by atoms with Crippen LogP contribution in [0.25, 0.3) is 0 Å². The number of rotatable bonds is 16. The number of hydrogen-bond donors (Lipinski definition) is 0. The molecule has 33 heavy (non-hydrogen) atoms. The predicted octanol–water partition coefficient (Wildman–Crippen LogP) is 6.40. The van der Waals surface area contributed by atoms with Gasteiger partial charge in [0.15, 0.2) is 0 Å². The maximum atomic E-state index is 5.89. The summed E-state index contributed by atoms with van der Waals surface area (Å²) in [5, 5.41) is 0. The summed E-state index contributed by atoms with van der Waals surface area (Å²) in [7, 11) is 0. The zero-order chi connectivity index (χ0) is 22.9. The van der Waals surface area contributed by atoms with Crippen molar-refractivity contribution in [3.8, 4) is 11.5 Å². The lowest BCUT2D eigenvalue weighted by Crippen LogP contribution is -2.18. The standard InChI is InChI=1S/C29H40O4/c1-29(2,25-9-13-27(14-10-25)32-19-3-17-30-21-23-5-6-23)26-11-15-28(16-12-26)33-20-4-18-31-22-24-7-8-24/h9-16,23-24H,3-8,17-22H2,1-2H3. The second-order valence-electron chi connectivity index (χ2n) is 10.1. The molecule has 0 aromatic heterocycles. The molecule has 180 valence electrons. The van der Waals surface area contributed by atoms with E-state index in [1.54, 1.807) is 0 Å². The van der Waals surface area contributed by atoms with Crippen molar-refractivity contribution in [3.05, 3.63) is 59.7 Å². The van der Waals surface area contributed by atoms with E-state index in [0.29, 0.717) is 13.2 Å². The van der Waals surface area contributed by atoms with Crippen LogP contribution >= 0.6 is 0 Å². The minimum atomic E-state index is -0.0929. The zero-order valence-corrected chi connectivity index (χ0v) is 20.4. The van der Waals surface area contributed by atoms with E-state index in [1.165, 1.54) is 36.8 Å². The molecule has 0 spiro atoms. The highest BCUT2D eigenvalue weighted by atomic mass is 16.5. The van der Waals surface area contributed by atoms with Crippen molar-refractivity contribution in [2.45, 2.75) is 57.8 Å². The summed E-state index contributed by atoms with van der Waals surface area (Å²) in [4.78, 5) is 0. The van der Waals surface area contributed by atoms with Gasteiger partial charge in [-0.1, -0.05) is 38.1 Å². The molecule has 0 saturated heterocycles. The number of hydrogen-bond acceptors (Lipinski definition) is 4. The Kier molecular flexibility index (Phi) is 8.69. The van der Waals surface area contributed by atoms with Crippen LogP contribution in [0.2, 0.25) is 0 Å². The molecule has 2 aliphatic carbocycles. The van der Waals surface area contributed by atoms with Crippen molar-refractivity contribution in [3.63, 3.8) is 0 Å². The van der Waals surface area contributed by atoms with Gasteiger partial charge in [-0.3, -0.25) is 0 Å². The van der Waals surface area contributed by atoms with Gasteiger partial charge in [0.25, 0.3) is 0 Å². The minimum absolute atomic E-state index is 0.0929. The van der Waals surface area contributed by atoms with Crippen LogP contribution in [0, 0.1) is 11.8 Å². The molecule has 4 heteroatoms. The molecule has 0 heterocycles. The van der Waals surface area contributed by atoms with Crippen molar-refractivity contribution in [2.24, 2.45) is 11.8 Å². The lowest BCUT2D eigenvalue weighted by atomic mass is 9.78. The summed E-state index contributed by atoms with van der Waals surface area (Å²) in [5.41, 5.74) is 2.44. The average molecular weight is 453 g/mol. The third-order valence-corrected chi connectivity index (χ3v) is 6.66. The van der Waals surface area contributed by atoms with Crippen LogP contribution < -0.4 is 9.47 Å². The highest BCUT2D eigenvalue weighted by molar-refractivity contribution is 5.41. The fourth-order valence-electron chi connectivity index (χ4n) is 3.87. The Morgan fingerprint density at radius 3 is 1.36 bits per heavy atom. The van der Waals surface area contributed by atoms with E-state index in [0.717, 1.165) is 62.6 Å². The lowest BCUT2D eigenvalue weighted by Gasteiger charge is -2.26. The van der Waals surface area contributed by atoms with Gasteiger partial charge in [-0.2, -0.15) is 0 Å². The van der Waals surface area contributed by atoms with Gasteiger partial charge in [-0.05, 0) is 72.9 Å². The van der Waals surface area contributed by atoms with Gasteiger partial charge >= 0.3 is 0 Å². The first kappa shape index (κ1) is 24.1. The van der Waals surface area contributed by atoms with Crippen molar-refractivity contribution < 1.29 is 18.9 Å². The van der Waals surface area contributed by atoms with E-state index in [1.807, 2.05) is 0 Å². The summed E-state index contributed by atoms with van der Waals surface area (Å²) in [6.07, 6.45) is 7.23. The van der Waals surface area contributed by atoms with Gasteiger partial charge in [-0.15, -0.1) is 0 Å². The third kappa shape index (κ3) is 8.04. The Balaban J connectivity index is 1.17. The molecule has 2 saturated carbocycles. The summed E-state index contributed by atoms with van der Waals surface area (Å²) in [6.45, 7) is 9.33. The average Bonchev–Trinajstić information content (AvgIpc) is 3.75. The van der Waals surface area contributed by atoms with Gasteiger partial charge in [0, 0.05) is 44.7 Å². The molecular weight excluding hydrogens is 412 g/mol. The second-order valence-corrected chi connectivity index (χ2v) is 10.1. The molecule has 0 atom stereocenters. The lowest BCUT2D eigenvalue weighted by molar-refractivity contribution is 0.111. The fourth-order valence-corrected chi connectivity index (χ4v) is 3.87. The fraction of sp³-hybridized carbons (Fsp3) is 0.586. The molecular formula is C29H40O4. The maximum Gasteiger partial charge on any atom is 0.119 e. The Labute approximate surface area is 199 Å². The molecule has 0 amide bonds. The second kappa shape index (κ2) is 11.9. The highest BCUT2D eigenvalue weighted by Gasteiger charge is 2.23. The largest absolute Gasteiger partial charge is 0.494 e. The molecule has 2 aliphatic rings. The quantitative estimate of drug-likeness (QED) is 0.276. The SMILES string of the molecule is CC(C)(c1ccc(OCCCOCC2CC2)cc1)c1ccc(OCCCOCC2CC2)cc1. The van der Waals surface area contributed by atoms with Crippen LogP contribution in [0.5, 0.6) is 11.5 Å². The van der Waals surface area contributed by atoms with E-state index in [4.69, 9.17) is 18.9 Å². The van der Waals surface area contributed by atoms with Crippen LogP contribution in [0.4, 0.5) is 0 Å². The number of ether oxygens (including phenoxy) is 4. The highest BCUT2D eigenvalue weighted by Crippen LogP contribution is 2.33. The molecule has 2 fully saturated rings. The summed E-state index contributed by atoms with van der Waals surface area (Å²) >= 11 is 0. The molecule has 0 unspecified atom stereocenters. The summed E-state index contributed by atoms with van der Waals surface area (Å²) in [6, 6.07) is 17.0. The molecule has 4 nitrogen and oxygen atoms in total. The Morgan fingerprint density at radius 1 is 0.606 bits per heavy atom. The van der Waals surface area contributed by atoms with Gasteiger partial charge < -0.3 is 18.9 Å². The van der Waals surface area contributed by atoms with Crippen molar-refractivity contribution in [1.82, 2.24) is 0 Å². The topological polar surface area (TPSA) is 36.9 Å². The smallest absolute Gasteiger partial charge is 0.119 e. The van der Waals surface area contributed by atoms with Crippen LogP contribution in [-0.2, 0) is 14.9 Å². The Bertz CT molecular complexity index is 750. The number of benzene rings is 2. The molecule has 2 aromatic carbocycles. The normalized spacial score (nSPS) is 16.1. The molecule has 4 rings (SSSR count). The molecule has 0 bridgehead atoms. The van der Waals surface area contributed by atoms with Gasteiger partial charge in [-0.25, -0.2) is 0 Å². The van der Waals surface area contributed by atoms with Gasteiger partial charge in [0.2, 0.25) is 0 Å². The van der Waals surface area contributed by atoms with Crippen LogP contribution in [0.3, 0.4) is 0 Å². The van der Waals surface area contributed by atoms with Gasteiger partial charge in [0.1, 0.15) is 11.5 Å². The molecule has 0 radical (unpaired) electrons. The summed E-state index contributed by atoms with van der Waals surface area (Å²) in [5.74, 6) is 3.49. The zero-order valence-electron chi connectivity index (χ0n) is 20.4. The Hall–Kier alpha value is -2.04. The van der Waals surface area contributed by atoms with Crippen molar-refractivity contribution >= 4 is 0 Å². The summed E-state index contributed by atoms with van der Waals surface area (Å²) < 4.78 is 23.1. The molecule has 0 N–H and O–H groups in total. The van der Waals surface area contributed by atoms with E-state index in [9.17, 15) is 0 Å². The van der Waals surface area contributed by atoms with Crippen molar-refractivity contribution in [1.29, 1.82) is 0 Å². The molecule has 2 aromatic rings. The molecule has 0 aliphatic heterocycles. The maximum absolute atomic E-state index is 5.89. The van der Waals surface area contributed by atoms with Crippen molar-refractivity contribution in [2.75, 3.05) is 39.6 Å². The first-order valence-corrected chi connectivity index (χ1v) is 12.7.